The number of rotatable bonds is 8. The Hall–Kier alpha value is -2.68. The molecule has 144 valence electrons. The van der Waals surface area contributed by atoms with Crippen LogP contribution in [0.25, 0.3) is 0 Å². The van der Waals surface area contributed by atoms with Gasteiger partial charge in [0.2, 0.25) is 0 Å². The van der Waals surface area contributed by atoms with Gasteiger partial charge >= 0.3 is 13.7 Å². The summed E-state index contributed by atoms with van der Waals surface area (Å²) < 4.78 is 37.2. The number of aliphatic carboxylic acids is 1. The Bertz CT molecular complexity index is 910. The smallest absolute Gasteiger partial charge is 0.480 e. The first kappa shape index (κ1) is 20.6. The van der Waals surface area contributed by atoms with Gasteiger partial charge in [0.1, 0.15) is 11.8 Å². The first-order valence-corrected chi connectivity index (χ1v) is 9.21. The van der Waals surface area contributed by atoms with Crippen molar-refractivity contribution in [2.24, 2.45) is 0 Å². The lowest BCUT2D eigenvalue weighted by atomic mass is 10.3. The van der Waals surface area contributed by atoms with Crippen LogP contribution in [0.4, 0.5) is 10.1 Å². The maximum atomic E-state index is 14.0. The maximum absolute atomic E-state index is 14.0. The highest BCUT2D eigenvalue weighted by Crippen LogP contribution is 2.46. The van der Waals surface area contributed by atoms with E-state index in [0.717, 1.165) is 36.4 Å². The summed E-state index contributed by atoms with van der Waals surface area (Å²) >= 11 is 5.64. The van der Waals surface area contributed by atoms with E-state index in [0.29, 0.717) is 0 Å². The highest BCUT2D eigenvalue weighted by atomic mass is 35.5. The normalized spacial score (nSPS) is 14.0. The van der Waals surface area contributed by atoms with E-state index in [9.17, 15) is 23.9 Å². The average molecular weight is 419 g/mol. The first-order chi connectivity index (χ1) is 12.6. The van der Waals surface area contributed by atoms with Crippen LogP contribution < -0.4 is 14.1 Å². The molecule has 0 aliphatic carbocycles. The van der Waals surface area contributed by atoms with Crippen molar-refractivity contribution in [3.05, 3.63) is 63.4 Å². The van der Waals surface area contributed by atoms with E-state index in [1.165, 1.54) is 13.0 Å². The van der Waals surface area contributed by atoms with Crippen molar-refractivity contribution in [3.8, 4) is 11.5 Å². The van der Waals surface area contributed by atoms with Crippen LogP contribution in [0.3, 0.4) is 0 Å². The number of carboxylic acids is 1. The molecule has 0 aliphatic heterocycles. The van der Waals surface area contributed by atoms with Crippen LogP contribution in [0.15, 0.2) is 42.5 Å². The molecule has 2 aromatic carbocycles. The predicted octanol–water partition coefficient (Wildman–Crippen LogP) is 4.02. The Morgan fingerprint density at radius 1 is 1.30 bits per heavy atom. The first-order valence-electron chi connectivity index (χ1n) is 7.29. The predicted molar refractivity (Wildman–Crippen MR) is 93.6 cm³/mol. The minimum absolute atomic E-state index is 0.0674. The summed E-state index contributed by atoms with van der Waals surface area (Å²) in [5, 5.41) is 21.9. The van der Waals surface area contributed by atoms with Crippen molar-refractivity contribution in [1.29, 1.82) is 0 Å². The summed E-state index contributed by atoms with van der Waals surface area (Å²) in [5.74, 6) is -2.92. The summed E-state index contributed by atoms with van der Waals surface area (Å²) in [6.45, 7) is 1.18. The highest BCUT2D eigenvalue weighted by molar-refractivity contribution is 7.52. The third kappa shape index (κ3) is 5.65. The highest BCUT2D eigenvalue weighted by Gasteiger charge is 2.34. The summed E-state index contributed by atoms with van der Waals surface area (Å²) in [5.41, 5.74) is -0.242. The van der Waals surface area contributed by atoms with Crippen LogP contribution in [0.5, 0.6) is 11.5 Å². The summed E-state index contributed by atoms with van der Waals surface area (Å²) in [6.07, 6.45) is 0. The summed E-state index contributed by atoms with van der Waals surface area (Å²) in [4.78, 5) is 21.1. The number of hydrogen-bond donors (Lipinski definition) is 2. The van der Waals surface area contributed by atoms with Crippen LogP contribution >= 0.6 is 19.3 Å². The lowest BCUT2D eigenvalue weighted by Crippen LogP contribution is -2.34. The van der Waals surface area contributed by atoms with Gasteiger partial charge in [0.15, 0.2) is 11.6 Å². The molecule has 2 atom stereocenters. The number of halogens is 2. The topological polar surface area (TPSA) is 128 Å². The van der Waals surface area contributed by atoms with Crippen LogP contribution in [0, 0.1) is 15.9 Å². The molecule has 2 unspecified atom stereocenters. The van der Waals surface area contributed by atoms with Crippen LogP contribution in [-0.4, -0.2) is 22.0 Å². The molecule has 2 rings (SSSR count). The van der Waals surface area contributed by atoms with Crippen molar-refractivity contribution in [1.82, 2.24) is 5.09 Å². The second-order valence-corrected chi connectivity index (χ2v) is 7.25. The number of nitrogens with zero attached hydrogens (tertiary/aromatic N) is 1. The van der Waals surface area contributed by atoms with Crippen LogP contribution in [0.1, 0.15) is 6.92 Å². The van der Waals surface area contributed by atoms with E-state index in [2.05, 4.69) is 5.09 Å². The molecule has 0 fully saturated rings. The molecule has 12 heteroatoms. The Kier molecular flexibility index (Phi) is 6.37. The number of nitro benzene ring substituents is 1. The largest absolute Gasteiger partial charge is 0.513 e. The monoisotopic (exact) mass is 418 g/mol. The molecule has 0 bridgehead atoms. The zero-order valence-corrected chi connectivity index (χ0v) is 15.3. The number of hydrogen-bond acceptors (Lipinski definition) is 6. The molecule has 0 amide bonds. The molecule has 2 aromatic rings. The van der Waals surface area contributed by atoms with Crippen molar-refractivity contribution in [2.45, 2.75) is 13.0 Å². The third-order valence-corrected chi connectivity index (χ3v) is 4.93. The van der Waals surface area contributed by atoms with Gasteiger partial charge < -0.3 is 14.2 Å². The molecule has 9 nitrogen and oxygen atoms in total. The van der Waals surface area contributed by atoms with Gasteiger partial charge in [-0.2, -0.15) is 5.09 Å². The molecule has 27 heavy (non-hydrogen) atoms. The van der Waals surface area contributed by atoms with Gasteiger partial charge in [-0.05, 0) is 37.3 Å². The molecule has 0 saturated carbocycles. The fraction of sp³-hybridized carbons (Fsp3) is 0.133. The quantitative estimate of drug-likeness (QED) is 0.374. The molecule has 0 radical (unpaired) electrons. The molecule has 0 aromatic heterocycles. The van der Waals surface area contributed by atoms with E-state index in [1.807, 2.05) is 0 Å². The second kappa shape index (κ2) is 8.34. The molecule has 2 N–H and O–H groups in total. The number of carbonyl (C=O) groups is 1. The lowest BCUT2D eigenvalue weighted by Gasteiger charge is -2.22. The van der Waals surface area contributed by atoms with E-state index < -0.39 is 36.2 Å². The van der Waals surface area contributed by atoms with Crippen molar-refractivity contribution in [2.75, 3.05) is 0 Å². The lowest BCUT2D eigenvalue weighted by molar-refractivity contribution is -0.384. The van der Waals surface area contributed by atoms with Crippen molar-refractivity contribution in [3.63, 3.8) is 0 Å². The number of non-ortho nitro benzene ring substituents is 1. The van der Waals surface area contributed by atoms with Gasteiger partial charge in [-0.15, -0.1) is 0 Å². The fourth-order valence-electron chi connectivity index (χ4n) is 1.81. The van der Waals surface area contributed by atoms with Gasteiger partial charge in [-0.1, -0.05) is 11.6 Å². The Balaban J connectivity index is 2.32. The summed E-state index contributed by atoms with van der Waals surface area (Å²) in [6, 6.07) is 6.36. The standard InChI is InChI=1S/C15H13ClFN2O7P/c1-9(15(20)21)18-27(24,26-14-7-2-10(16)8-13(14)17)25-12-5-3-11(4-6-12)19(22)23/h2-9H,1H3,(H,18,24)(H,20,21). The Morgan fingerprint density at radius 2 is 1.93 bits per heavy atom. The zero-order chi connectivity index (χ0) is 20.2. The van der Waals surface area contributed by atoms with Gasteiger partial charge in [0.05, 0.1) is 4.92 Å². The zero-order valence-electron chi connectivity index (χ0n) is 13.7. The van der Waals surface area contributed by atoms with E-state index >= 15 is 0 Å². The van der Waals surface area contributed by atoms with Gasteiger partial charge in [0, 0.05) is 17.2 Å². The minimum atomic E-state index is -4.44. The average Bonchev–Trinajstić information content (AvgIpc) is 2.57. The maximum Gasteiger partial charge on any atom is 0.513 e. The molecular weight excluding hydrogens is 406 g/mol. The molecule has 0 aliphatic rings. The molecule has 0 heterocycles. The van der Waals surface area contributed by atoms with Crippen LogP contribution in [-0.2, 0) is 9.36 Å². The number of nitrogens with one attached hydrogen (secondary N) is 1. The van der Waals surface area contributed by atoms with Crippen molar-refractivity contribution >= 4 is 31.0 Å². The summed E-state index contributed by atoms with van der Waals surface area (Å²) in [7, 11) is -4.44. The Morgan fingerprint density at radius 3 is 2.44 bits per heavy atom. The van der Waals surface area contributed by atoms with E-state index in [1.54, 1.807) is 0 Å². The second-order valence-electron chi connectivity index (χ2n) is 5.19. The van der Waals surface area contributed by atoms with Gasteiger partial charge in [0.25, 0.3) is 5.69 Å². The Labute approximate surface area is 157 Å². The van der Waals surface area contributed by atoms with Crippen LogP contribution in [0.2, 0.25) is 5.02 Å². The minimum Gasteiger partial charge on any atom is -0.480 e. The van der Waals surface area contributed by atoms with E-state index in [-0.39, 0.29) is 16.5 Å². The molecule has 0 spiro atoms. The third-order valence-electron chi connectivity index (χ3n) is 3.11. The SMILES string of the molecule is CC(NP(=O)(Oc1ccc([N+](=O)[O-])cc1)Oc1ccc(Cl)cc1F)C(=O)O. The number of carboxylic acid groups (broad SMARTS) is 1. The van der Waals surface area contributed by atoms with Gasteiger partial charge in [-0.3, -0.25) is 14.9 Å². The van der Waals surface area contributed by atoms with Crippen molar-refractivity contribution < 1.29 is 32.8 Å². The van der Waals surface area contributed by atoms with Gasteiger partial charge in [-0.25, -0.2) is 8.96 Å². The molecule has 0 saturated heterocycles. The number of nitro groups is 1. The number of benzene rings is 2. The van der Waals surface area contributed by atoms with E-state index in [4.69, 9.17) is 25.8 Å². The fourth-order valence-corrected chi connectivity index (χ4v) is 3.50. The molecular formula is C15H13ClFN2O7P.